The average molecular weight is 270 g/mol. The van der Waals surface area contributed by atoms with E-state index in [2.05, 4.69) is 19.2 Å². The minimum atomic E-state index is -0.390. The fourth-order valence-corrected chi connectivity index (χ4v) is 2.31. The zero-order chi connectivity index (χ0) is 14.4. The van der Waals surface area contributed by atoms with E-state index in [4.69, 9.17) is 4.74 Å². The van der Waals surface area contributed by atoms with Crippen LogP contribution in [0.5, 0.6) is 0 Å². The fraction of sp³-hybridized carbons (Fsp3) is 0.857. The van der Waals surface area contributed by atoms with Crippen LogP contribution in [-0.4, -0.2) is 48.6 Å². The first-order chi connectivity index (χ1) is 8.95. The van der Waals surface area contributed by atoms with E-state index in [0.717, 1.165) is 0 Å². The Bertz CT molecular complexity index is 318. The Kier molecular flexibility index (Phi) is 6.28. The molecule has 1 N–H and O–H groups in total. The molecule has 0 spiro atoms. The van der Waals surface area contributed by atoms with Crippen LogP contribution in [0.1, 0.15) is 40.5 Å². The van der Waals surface area contributed by atoms with Gasteiger partial charge < -0.3 is 15.0 Å². The molecule has 19 heavy (non-hydrogen) atoms. The van der Waals surface area contributed by atoms with E-state index >= 15 is 0 Å². The topological polar surface area (TPSA) is 58.6 Å². The minimum Gasteiger partial charge on any atom is -0.380 e. The molecule has 0 aromatic carbocycles. The lowest BCUT2D eigenvalue weighted by Gasteiger charge is -2.30. The second-order valence-electron chi connectivity index (χ2n) is 5.54. The van der Waals surface area contributed by atoms with Crippen molar-refractivity contribution in [2.75, 3.05) is 19.8 Å². The zero-order valence-corrected chi connectivity index (χ0v) is 12.4. The van der Waals surface area contributed by atoms with Gasteiger partial charge in [-0.1, -0.05) is 13.8 Å². The number of hydrogen-bond acceptors (Lipinski definition) is 3. The third kappa shape index (κ3) is 4.82. The Morgan fingerprint density at radius 2 is 2.05 bits per heavy atom. The van der Waals surface area contributed by atoms with Gasteiger partial charge in [-0.2, -0.15) is 0 Å². The summed E-state index contributed by atoms with van der Waals surface area (Å²) in [4.78, 5) is 25.9. The first-order valence-corrected chi connectivity index (χ1v) is 7.13. The maximum atomic E-state index is 12.5. The van der Waals surface area contributed by atoms with Crippen molar-refractivity contribution in [1.29, 1.82) is 0 Å². The van der Waals surface area contributed by atoms with E-state index in [1.165, 1.54) is 0 Å². The number of hydrogen-bond donors (Lipinski definition) is 1. The summed E-state index contributed by atoms with van der Waals surface area (Å²) in [5.74, 6) is 0.355. The number of rotatable bonds is 6. The van der Waals surface area contributed by atoms with Gasteiger partial charge in [0.1, 0.15) is 6.04 Å². The maximum absolute atomic E-state index is 12.5. The molecule has 0 aromatic rings. The minimum absolute atomic E-state index is 0.00909. The van der Waals surface area contributed by atoms with E-state index in [0.29, 0.717) is 38.5 Å². The van der Waals surface area contributed by atoms with Crippen molar-refractivity contribution in [2.24, 2.45) is 5.92 Å². The van der Waals surface area contributed by atoms with Crippen LogP contribution in [0.2, 0.25) is 0 Å². The largest absolute Gasteiger partial charge is 0.380 e. The van der Waals surface area contributed by atoms with Gasteiger partial charge in [-0.25, -0.2) is 0 Å². The molecule has 2 atom stereocenters. The number of carbonyl (C=O) groups excluding carboxylic acids is 2. The van der Waals surface area contributed by atoms with Gasteiger partial charge in [0.2, 0.25) is 11.8 Å². The normalized spacial score (nSPS) is 22.4. The quantitative estimate of drug-likeness (QED) is 0.788. The van der Waals surface area contributed by atoms with Crippen molar-refractivity contribution in [3.63, 3.8) is 0 Å². The highest BCUT2D eigenvalue weighted by Crippen LogP contribution is 2.14. The van der Waals surface area contributed by atoms with Gasteiger partial charge in [-0.05, 0) is 26.2 Å². The van der Waals surface area contributed by atoms with Gasteiger partial charge in [0.15, 0.2) is 0 Å². The van der Waals surface area contributed by atoms with Crippen molar-refractivity contribution in [1.82, 2.24) is 10.2 Å². The van der Waals surface area contributed by atoms with Crippen molar-refractivity contribution in [3.05, 3.63) is 0 Å². The molecule has 1 heterocycles. The van der Waals surface area contributed by atoms with Crippen molar-refractivity contribution >= 4 is 11.8 Å². The van der Waals surface area contributed by atoms with Crippen LogP contribution in [-0.2, 0) is 14.3 Å². The van der Waals surface area contributed by atoms with Crippen LogP contribution in [0.3, 0.4) is 0 Å². The third-order valence-corrected chi connectivity index (χ3v) is 3.30. The molecular formula is C14H26N2O3. The Morgan fingerprint density at radius 1 is 1.37 bits per heavy atom. The Balaban J connectivity index is 2.74. The predicted octanol–water partition coefficient (Wildman–Crippen LogP) is 1.17. The smallest absolute Gasteiger partial charge is 0.245 e. The summed E-state index contributed by atoms with van der Waals surface area (Å²) in [5.41, 5.74) is 0. The zero-order valence-electron chi connectivity index (χ0n) is 12.4. The first-order valence-electron chi connectivity index (χ1n) is 7.13. The van der Waals surface area contributed by atoms with Gasteiger partial charge in [-0.3, -0.25) is 9.59 Å². The first kappa shape index (κ1) is 16.0. The van der Waals surface area contributed by atoms with Gasteiger partial charge in [0.05, 0.1) is 12.6 Å². The van der Waals surface area contributed by atoms with Crippen molar-refractivity contribution in [3.8, 4) is 0 Å². The Hall–Kier alpha value is -1.10. The molecule has 5 nitrogen and oxygen atoms in total. The number of ether oxygens (including phenoxy) is 1. The summed E-state index contributed by atoms with van der Waals surface area (Å²) in [7, 11) is 0. The van der Waals surface area contributed by atoms with Crippen LogP contribution in [0.25, 0.3) is 0 Å². The van der Waals surface area contributed by atoms with Crippen LogP contribution in [0.4, 0.5) is 0 Å². The summed E-state index contributed by atoms with van der Waals surface area (Å²) < 4.78 is 5.38. The predicted molar refractivity (Wildman–Crippen MR) is 73.7 cm³/mol. The van der Waals surface area contributed by atoms with Crippen LogP contribution < -0.4 is 5.32 Å². The monoisotopic (exact) mass is 270 g/mol. The summed E-state index contributed by atoms with van der Waals surface area (Å²) in [6.45, 7) is 9.65. The third-order valence-electron chi connectivity index (χ3n) is 3.30. The number of amides is 2. The number of nitrogens with zero attached hydrogens (tertiary/aromatic N) is 1. The van der Waals surface area contributed by atoms with Gasteiger partial charge >= 0.3 is 0 Å². The fourth-order valence-electron chi connectivity index (χ4n) is 2.31. The highest BCUT2D eigenvalue weighted by atomic mass is 16.5. The lowest BCUT2D eigenvalue weighted by Crippen LogP contribution is -2.49. The lowest BCUT2D eigenvalue weighted by molar-refractivity contribution is -0.136. The molecule has 0 bridgehead atoms. The molecule has 1 aliphatic heterocycles. The van der Waals surface area contributed by atoms with Crippen LogP contribution in [0, 0.1) is 5.92 Å². The van der Waals surface area contributed by atoms with Crippen molar-refractivity contribution < 1.29 is 14.3 Å². The molecule has 110 valence electrons. The van der Waals surface area contributed by atoms with Gasteiger partial charge in [0.25, 0.3) is 0 Å². The van der Waals surface area contributed by atoms with E-state index in [1.807, 2.05) is 13.8 Å². The highest BCUT2D eigenvalue weighted by molar-refractivity contribution is 5.90. The second kappa shape index (κ2) is 7.48. The van der Waals surface area contributed by atoms with E-state index in [-0.39, 0.29) is 23.9 Å². The molecule has 1 fully saturated rings. The molecule has 1 saturated heterocycles. The number of carbonyl (C=O) groups is 2. The molecule has 2 amide bonds. The van der Waals surface area contributed by atoms with E-state index in [9.17, 15) is 9.59 Å². The summed E-state index contributed by atoms with van der Waals surface area (Å²) in [5, 5.41) is 2.83. The molecular weight excluding hydrogens is 244 g/mol. The summed E-state index contributed by atoms with van der Waals surface area (Å²) >= 11 is 0. The molecule has 1 rings (SSSR count). The van der Waals surface area contributed by atoms with Crippen molar-refractivity contribution in [2.45, 2.75) is 52.6 Å². The molecule has 0 aromatic heterocycles. The molecule has 0 saturated carbocycles. The summed E-state index contributed by atoms with van der Waals surface area (Å²) in [6.07, 6.45) is 1.05. The standard InChI is InChI=1S/C14H26N2O3/c1-5-19-9-11(4)16-7-6-13(17)15-12(14(16)18)8-10(2)3/h10-12H,5-9H2,1-4H3,(H,15,17). The Labute approximate surface area is 115 Å². The van der Waals surface area contributed by atoms with Crippen LogP contribution in [0.15, 0.2) is 0 Å². The van der Waals surface area contributed by atoms with Gasteiger partial charge in [-0.15, -0.1) is 0 Å². The van der Waals surface area contributed by atoms with Crippen LogP contribution >= 0.6 is 0 Å². The molecule has 1 aliphatic rings. The Morgan fingerprint density at radius 3 is 2.63 bits per heavy atom. The van der Waals surface area contributed by atoms with E-state index in [1.54, 1.807) is 4.90 Å². The van der Waals surface area contributed by atoms with E-state index < -0.39 is 0 Å². The lowest BCUT2D eigenvalue weighted by atomic mass is 10.0. The molecule has 2 unspecified atom stereocenters. The SMILES string of the molecule is CCOCC(C)N1CCC(=O)NC(CC(C)C)C1=O. The molecule has 5 heteroatoms. The van der Waals surface area contributed by atoms with Gasteiger partial charge in [0, 0.05) is 19.6 Å². The average Bonchev–Trinajstić information content (AvgIpc) is 2.46. The maximum Gasteiger partial charge on any atom is 0.245 e. The summed E-state index contributed by atoms with van der Waals surface area (Å²) in [6, 6.07) is -0.381. The second-order valence-corrected chi connectivity index (χ2v) is 5.54. The molecule has 0 aliphatic carbocycles. The molecule has 0 radical (unpaired) electrons. The number of nitrogens with one attached hydrogen (secondary N) is 1. The highest BCUT2D eigenvalue weighted by Gasteiger charge is 2.32.